The number of benzene rings is 3. The molecule has 1 saturated heterocycles. The van der Waals surface area contributed by atoms with E-state index in [0.29, 0.717) is 62.3 Å². The van der Waals surface area contributed by atoms with Crippen molar-refractivity contribution >= 4 is 32.9 Å². The van der Waals surface area contributed by atoms with Crippen molar-refractivity contribution in [3.8, 4) is 11.4 Å². The number of aromatic nitrogens is 3. The summed E-state index contributed by atoms with van der Waals surface area (Å²) in [7, 11) is -4.05. The summed E-state index contributed by atoms with van der Waals surface area (Å²) in [4.78, 5) is 36.0. The first kappa shape index (κ1) is 48.2. The highest BCUT2D eigenvalue weighted by molar-refractivity contribution is 7.89. The van der Waals surface area contributed by atoms with Crippen LogP contribution in [0.3, 0.4) is 0 Å². The number of H-pyrrole nitrogens is 1. The molecule has 340 valence electrons. The van der Waals surface area contributed by atoms with Gasteiger partial charge in [0, 0.05) is 59.5 Å². The molecule has 0 saturated carbocycles. The largest absolute Gasteiger partial charge is 0.573 e. The number of amides is 1. The zero-order chi connectivity index (χ0) is 46.3. The molecule has 1 fully saturated rings. The number of hydrogen-bond donors (Lipinski definition) is 5. The Morgan fingerprint density at radius 3 is 2.19 bits per heavy atom. The number of alkyl halides is 3. The summed E-state index contributed by atoms with van der Waals surface area (Å²) in [5.74, 6) is -1.57. The summed E-state index contributed by atoms with van der Waals surface area (Å²) in [5.41, 5.74) is 13.4. The molecule has 1 aliphatic heterocycles. The molecule has 1 amide bonds. The zero-order valence-corrected chi connectivity index (χ0v) is 37.0. The van der Waals surface area contributed by atoms with Gasteiger partial charge in [0.2, 0.25) is 10.0 Å². The van der Waals surface area contributed by atoms with Crippen molar-refractivity contribution < 1.29 is 35.5 Å². The standard InChI is InChI=1S/C23H28F4N2O3S.C21H27N7O2/c1-22(2,3)17-4-7-20(8-5-17)33(30,31)29(18-10-12-28-13-11-18)15-16-14-19(6-9-21(16)24)32-23(25,26)27;1-21(2,3)16-11-14-12-28(20(30)27-17(14)26-16)15-7-5-13(6-8-15)18(29)24-9-4-10-25-19(22)23/h4-9,14,18,28H,10-13,15H2,1-3H3;5-8,11-12H,4,9-10H2,1-3H3,(H,24,29)(H4,22,23,25)(H,26,27,30). The predicted octanol–water partition coefficient (Wildman–Crippen LogP) is 6.37. The number of aromatic amines is 1. The number of ether oxygens (including phenoxy) is 1. The van der Waals surface area contributed by atoms with E-state index in [0.717, 1.165) is 34.8 Å². The molecule has 0 spiro atoms. The fourth-order valence-corrected chi connectivity index (χ4v) is 8.42. The van der Waals surface area contributed by atoms with Gasteiger partial charge in [-0.15, -0.1) is 13.2 Å². The normalized spacial score (nSPS) is 14.0. The summed E-state index contributed by atoms with van der Waals surface area (Å²) in [6.45, 7) is 14.0. The van der Waals surface area contributed by atoms with Crippen molar-refractivity contribution in [1.29, 1.82) is 0 Å². The Hall–Kier alpha value is -5.79. The van der Waals surface area contributed by atoms with E-state index in [1.807, 2.05) is 26.8 Å². The lowest BCUT2D eigenvalue weighted by molar-refractivity contribution is -0.274. The van der Waals surface area contributed by atoms with Crippen LogP contribution in [-0.4, -0.2) is 77.7 Å². The van der Waals surface area contributed by atoms with Crippen molar-refractivity contribution in [3.63, 3.8) is 0 Å². The van der Waals surface area contributed by atoms with Crippen LogP contribution < -0.4 is 32.5 Å². The molecule has 19 heteroatoms. The number of nitrogens with one attached hydrogen (secondary N) is 3. The van der Waals surface area contributed by atoms with Gasteiger partial charge < -0.3 is 31.8 Å². The van der Waals surface area contributed by atoms with E-state index in [1.165, 1.54) is 21.0 Å². The molecule has 0 unspecified atom stereocenters. The second kappa shape index (κ2) is 19.7. The van der Waals surface area contributed by atoms with E-state index in [1.54, 1.807) is 42.6 Å². The summed E-state index contributed by atoms with van der Waals surface area (Å²) >= 11 is 0. The van der Waals surface area contributed by atoms with Gasteiger partial charge in [0.25, 0.3) is 5.91 Å². The number of carbonyl (C=O) groups excluding carboxylic acids is 1. The summed E-state index contributed by atoms with van der Waals surface area (Å²) < 4.78 is 86.2. The Kier molecular flexibility index (Phi) is 15.1. The van der Waals surface area contributed by atoms with Crippen molar-refractivity contribution in [1.82, 2.24) is 29.5 Å². The van der Waals surface area contributed by atoms with Crippen LogP contribution >= 0.6 is 0 Å². The number of aliphatic imine (C=N–C) groups is 1. The number of sulfonamides is 1. The first-order valence-corrected chi connectivity index (χ1v) is 21.8. The molecule has 3 aromatic carbocycles. The Morgan fingerprint density at radius 1 is 0.952 bits per heavy atom. The second-order valence-electron chi connectivity index (χ2n) is 17.2. The third-order valence-corrected chi connectivity index (χ3v) is 12.2. The van der Waals surface area contributed by atoms with E-state index >= 15 is 0 Å². The molecule has 5 aromatic rings. The molecule has 0 radical (unpaired) electrons. The summed E-state index contributed by atoms with van der Waals surface area (Å²) in [6.07, 6.45) is -1.55. The molecule has 2 aromatic heterocycles. The summed E-state index contributed by atoms with van der Waals surface area (Å²) in [6, 6.07) is 17.5. The van der Waals surface area contributed by atoms with Crippen molar-refractivity contribution in [2.75, 3.05) is 26.2 Å². The van der Waals surface area contributed by atoms with Crippen LogP contribution in [0.25, 0.3) is 16.7 Å². The van der Waals surface area contributed by atoms with Crippen LogP contribution in [0.4, 0.5) is 17.6 Å². The monoisotopic (exact) mass is 897 g/mol. The van der Waals surface area contributed by atoms with Gasteiger partial charge in [0.1, 0.15) is 17.2 Å². The SMILES string of the molecule is CC(C)(C)c1cc2cn(-c3ccc(C(=O)NCCCN=C(N)N)cc3)c(=O)nc2[nH]1.CC(C)(C)c1ccc(S(=O)(=O)N(Cc2cc(OC(F)(F)F)ccc2F)C2CCNCC2)cc1. The Labute approximate surface area is 364 Å². The van der Waals surface area contributed by atoms with Crippen LogP contribution in [-0.2, 0) is 27.4 Å². The maximum absolute atomic E-state index is 14.5. The van der Waals surface area contributed by atoms with Gasteiger partial charge in [-0.1, -0.05) is 53.7 Å². The highest BCUT2D eigenvalue weighted by atomic mass is 32.2. The van der Waals surface area contributed by atoms with E-state index in [4.69, 9.17) is 11.5 Å². The maximum Gasteiger partial charge on any atom is 0.573 e. The van der Waals surface area contributed by atoms with Crippen LogP contribution in [0.5, 0.6) is 5.75 Å². The minimum absolute atomic E-state index is 0.0362. The average molecular weight is 898 g/mol. The smallest absolute Gasteiger partial charge is 0.406 e. The average Bonchev–Trinajstić information content (AvgIpc) is 3.64. The Bertz CT molecular complexity index is 2550. The molecule has 7 N–H and O–H groups in total. The first-order chi connectivity index (χ1) is 29.4. The van der Waals surface area contributed by atoms with Gasteiger partial charge in [-0.05, 0) is 104 Å². The number of fused-ring (bicyclic) bond motifs is 1. The fraction of sp³-hybridized carbons (Fsp3) is 0.409. The van der Waals surface area contributed by atoms with Gasteiger partial charge in [0.05, 0.1) is 10.6 Å². The number of halogens is 4. The maximum atomic E-state index is 14.5. The van der Waals surface area contributed by atoms with Crippen molar-refractivity contribution in [2.45, 2.75) is 95.5 Å². The van der Waals surface area contributed by atoms with Crippen LogP contribution in [0.15, 0.2) is 93.7 Å². The molecular formula is C44H55F4N9O5S. The number of guanidine groups is 1. The molecule has 14 nitrogen and oxygen atoms in total. The first-order valence-electron chi connectivity index (χ1n) is 20.4. The Balaban J connectivity index is 0.000000239. The Morgan fingerprint density at radius 2 is 1.60 bits per heavy atom. The number of carbonyl (C=O) groups is 1. The van der Waals surface area contributed by atoms with Gasteiger partial charge in [0.15, 0.2) is 5.96 Å². The topological polar surface area (TPSA) is 203 Å². The predicted molar refractivity (Wildman–Crippen MR) is 235 cm³/mol. The molecule has 1 aliphatic rings. The van der Waals surface area contributed by atoms with Crippen LogP contribution in [0.1, 0.15) is 88.0 Å². The van der Waals surface area contributed by atoms with Crippen molar-refractivity contribution in [2.24, 2.45) is 16.5 Å². The van der Waals surface area contributed by atoms with Gasteiger partial charge in [-0.25, -0.2) is 17.6 Å². The highest BCUT2D eigenvalue weighted by Gasteiger charge is 2.35. The zero-order valence-electron chi connectivity index (χ0n) is 36.1. The third kappa shape index (κ3) is 13.1. The van der Waals surface area contributed by atoms with Gasteiger partial charge in [-0.3, -0.25) is 14.4 Å². The van der Waals surface area contributed by atoms with Gasteiger partial charge in [-0.2, -0.15) is 9.29 Å². The molecular weight excluding hydrogens is 843 g/mol. The number of hydrogen-bond acceptors (Lipinski definition) is 8. The second-order valence-corrected chi connectivity index (χ2v) is 19.1. The number of rotatable bonds is 12. The lowest BCUT2D eigenvalue weighted by Crippen LogP contribution is -2.45. The molecule has 0 bridgehead atoms. The molecule has 63 heavy (non-hydrogen) atoms. The van der Waals surface area contributed by atoms with E-state index in [9.17, 15) is 35.6 Å². The van der Waals surface area contributed by atoms with E-state index < -0.39 is 40.5 Å². The minimum Gasteiger partial charge on any atom is -0.406 e. The molecule has 3 heterocycles. The van der Waals surface area contributed by atoms with Crippen LogP contribution in [0.2, 0.25) is 0 Å². The van der Waals surface area contributed by atoms with Crippen LogP contribution in [0, 0.1) is 5.82 Å². The quantitative estimate of drug-likeness (QED) is 0.0408. The summed E-state index contributed by atoms with van der Waals surface area (Å²) in [5, 5.41) is 6.81. The number of nitrogens with two attached hydrogens (primary N) is 2. The number of nitrogens with zero attached hydrogens (tertiary/aromatic N) is 4. The highest BCUT2D eigenvalue weighted by Crippen LogP contribution is 2.31. The van der Waals surface area contributed by atoms with Gasteiger partial charge >= 0.3 is 12.1 Å². The lowest BCUT2D eigenvalue weighted by Gasteiger charge is -2.34. The van der Waals surface area contributed by atoms with Crippen molar-refractivity contribution in [3.05, 3.63) is 118 Å². The molecule has 6 rings (SSSR count). The van der Waals surface area contributed by atoms with E-state index in [2.05, 4.69) is 51.1 Å². The molecule has 0 aliphatic carbocycles. The number of piperidine rings is 1. The third-order valence-electron chi connectivity index (χ3n) is 10.3. The lowest BCUT2D eigenvalue weighted by atomic mass is 9.87. The molecule has 0 atom stereocenters. The minimum atomic E-state index is -4.94. The fourth-order valence-electron chi connectivity index (χ4n) is 6.75. The van der Waals surface area contributed by atoms with E-state index in [-0.39, 0.29) is 38.8 Å².